The Morgan fingerprint density at radius 2 is 1.69 bits per heavy atom. The molecule has 0 aliphatic carbocycles. The van der Waals surface area contributed by atoms with Crippen LogP contribution in [0.3, 0.4) is 0 Å². The first-order chi connectivity index (χ1) is 6.05. The Morgan fingerprint density at radius 3 is 2.08 bits per heavy atom. The number of thiocarbonyl (C=S) groups is 1. The van der Waals surface area contributed by atoms with E-state index >= 15 is 0 Å². The molecular weight excluding hydrogens is 192 g/mol. The van der Waals surface area contributed by atoms with E-state index in [0.717, 1.165) is 0 Å². The number of benzene rings is 1. The Kier molecular flexibility index (Phi) is 3.20. The molecule has 0 bridgehead atoms. The molecule has 0 amide bonds. The second kappa shape index (κ2) is 4.01. The van der Waals surface area contributed by atoms with E-state index in [1.807, 2.05) is 18.2 Å². The van der Waals surface area contributed by atoms with Gasteiger partial charge in [0.15, 0.2) is 0 Å². The quantitative estimate of drug-likeness (QED) is 0.527. The van der Waals surface area contributed by atoms with Crippen LogP contribution >= 0.6 is 12.2 Å². The van der Waals surface area contributed by atoms with E-state index in [9.17, 15) is 0 Å². The van der Waals surface area contributed by atoms with Gasteiger partial charge in [-0.2, -0.15) is 0 Å². The van der Waals surface area contributed by atoms with Crippen LogP contribution in [-0.4, -0.2) is 13.1 Å². The first-order valence-electron chi connectivity index (χ1n) is 4.36. The van der Waals surface area contributed by atoms with E-state index in [1.165, 1.54) is 10.8 Å². The molecule has 0 atom stereocenters. The molecule has 0 nitrogen and oxygen atoms in total. The second-order valence-electron chi connectivity index (χ2n) is 4.09. The Labute approximate surface area is 86.3 Å². The first-order valence-corrected chi connectivity index (χ1v) is 8.27. The lowest BCUT2D eigenvalue weighted by Crippen LogP contribution is -2.23. The molecule has 2 heteroatoms. The molecule has 0 spiro atoms. The average Bonchev–Trinajstić information content (AvgIpc) is 2.05. The van der Waals surface area contributed by atoms with Gasteiger partial charge in [-0.05, 0) is 28.0 Å². The summed E-state index contributed by atoms with van der Waals surface area (Å²) in [4.78, 5) is 0. The monoisotopic (exact) mass is 206 g/mol. The van der Waals surface area contributed by atoms with Gasteiger partial charge in [-0.15, -0.1) is 0 Å². The molecule has 1 aromatic rings. The molecule has 1 rings (SSSR count). The summed E-state index contributed by atoms with van der Waals surface area (Å²) in [6, 6.07) is 10.3. The highest BCUT2D eigenvalue weighted by Crippen LogP contribution is 2.22. The number of hydrogen-bond acceptors (Lipinski definition) is 1. The van der Waals surface area contributed by atoms with Gasteiger partial charge in [-0.3, -0.25) is 0 Å². The highest BCUT2D eigenvalue weighted by atomic mass is 32.1. The third-order valence-electron chi connectivity index (χ3n) is 1.91. The van der Waals surface area contributed by atoms with Crippen molar-refractivity contribution in [3.63, 3.8) is 0 Å². The molecule has 0 N–H and O–H groups in total. The Hall–Kier alpha value is -0.693. The van der Waals surface area contributed by atoms with Gasteiger partial charge in [0, 0.05) is 0 Å². The summed E-state index contributed by atoms with van der Waals surface area (Å²) in [6.07, 6.45) is 0. The molecule has 0 heterocycles. The lowest BCUT2D eigenvalue weighted by molar-refractivity contribution is 1.63. The fourth-order valence-corrected chi connectivity index (χ4v) is 3.63. The molecule has 0 aliphatic heterocycles. The lowest BCUT2D eigenvalue weighted by atomic mass is 10.2. The van der Waals surface area contributed by atoms with Gasteiger partial charge >= 0.3 is 0 Å². The largest absolute Gasteiger partial charge is 0.0895 e. The predicted molar refractivity (Wildman–Crippen MR) is 65.8 cm³/mol. The van der Waals surface area contributed by atoms with E-state index in [4.69, 9.17) is 12.2 Å². The van der Waals surface area contributed by atoms with Gasteiger partial charge in [-0.25, -0.2) is 0 Å². The molecule has 0 saturated carbocycles. The minimum atomic E-state index is -1.33. The number of hydrogen-bond donors (Lipinski definition) is 0. The van der Waals surface area contributed by atoms with Gasteiger partial charge in [0.05, 0.1) is 8.07 Å². The van der Waals surface area contributed by atoms with Crippen LogP contribution < -0.4 is 0 Å². The fraction of sp³-hybridized carbons (Fsp3) is 0.273. The SMILES string of the molecule is C[Si](C)(C)C(=C=S)c1ccccc1. The summed E-state index contributed by atoms with van der Waals surface area (Å²) < 4.78 is 0. The highest BCUT2D eigenvalue weighted by molar-refractivity contribution is 7.79. The van der Waals surface area contributed by atoms with E-state index < -0.39 is 8.07 Å². The molecule has 0 unspecified atom stereocenters. The maximum absolute atomic E-state index is 4.95. The molecule has 1 aromatic carbocycles. The van der Waals surface area contributed by atoms with Crippen molar-refractivity contribution in [2.45, 2.75) is 19.6 Å². The van der Waals surface area contributed by atoms with E-state index in [0.29, 0.717) is 0 Å². The van der Waals surface area contributed by atoms with Crippen LogP contribution in [0.15, 0.2) is 30.3 Å². The molecule has 0 aromatic heterocycles. The van der Waals surface area contributed by atoms with Crippen LogP contribution in [0.25, 0.3) is 5.20 Å². The molecule has 0 radical (unpaired) electrons. The van der Waals surface area contributed by atoms with Gasteiger partial charge in [0.2, 0.25) is 0 Å². The molecule has 68 valence electrons. The lowest BCUT2D eigenvalue weighted by Gasteiger charge is -2.18. The molecule has 13 heavy (non-hydrogen) atoms. The van der Waals surface area contributed by atoms with Crippen LogP contribution in [0.5, 0.6) is 0 Å². The van der Waals surface area contributed by atoms with Crippen molar-refractivity contribution in [3.8, 4) is 0 Å². The van der Waals surface area contributed by atoms with Crippen molar-refractivity contribution in [1.29, 1.82) is 0 Å². The predicted octanol–water partition coefficient (Wildman–Crippen LogP) is 3.55. The summed E-state index contributed by atoms with van der Waals surface area (Å²) in [5.74, 6) is 0. The Bertz CT molecular complexity index is 329. The maximum Gasteiger partial charge on any atom is 0.0895 e. The van der Waals surface area contributed by atoms with Crippen molar-refractivity contribution in [2.24, 2.45) is 0 Å². The van der Waals surface area contributed by atoms with Crippen LogP contribution in [0, 0.1) is 0 Å². The number of rotatable bonds is 2. The molecule has 0 saturated heterocycles. The van der Waals surface area contributed by atoms with Crippen molar-refractivity contribution < 1.29 is 0 Å². The zero-order chi connectivity index (χ0) is 9.90. The minimum absolute atomic E-state index is 1.23. The van der Waals surface area contributed by atoms with Crippen molar-refractivity contribution in [3.05, 3.63) is 35.9 Å². The zero-order valence-electron chi connectivity index (χ0n) is 8.29. The third kappa shape index (κ3) is 2.63. The summed E-state index contributed by atoms with van der Waals surface area (Å²) in [6.45, 7) is 6.86. The maximum atomic E-state index is 4.95. The van der Waals surface area contributed by atoms with E-state index in [-0.39, 0.29) is 0 Å². The van der Waals surface area contributed by atoms with Crippen LogP contribution in [0.2, 0.25) is 19.6 Å². The van der Waals surface area contributed by atoms with Gasteiger partial charge in [-0.1, -0.05) is 50.0 Å². The summed E-state index contributed by atoms with van der Waals surface area (Å²) in [5.41, 5.74) is 1.23. The Balaban J connectivity index is 3.15. The van der Waals surface area contributed by atoms with Crippen LogP contribution in [0.1, 0.15) is 5.56 Å². The standard InChI is InChI=1S/C11H14SSi/c1-13(2,3)11(9-12)10-7-5-4-6-8-10/h4-8H,1-3H3. The van der Waals surface area contributed by atoms with E-state index in [2.05, 4.69) is 36.8 Å². The average molecular weight is 206 g/mol. The highest BCUT2D eigenvalue weighted by Gasteiger charge is 2.20. The van der Waals surface area contributed by atoms with Crippen molar-refractivity contribution in [2.75, 3.05) is 0 Å². The summed E-state index contributed by atoms with van der Waals surface area (Å²) in [5, 5.41) is 4.16. The Morgan fingerprint density at radius 1 is 1.15 bits per heavy atom. The smallest absolute Gasteiger partial charge is 0.0650 e. The van der Waals surface area contributed by atoms with Crippen molar-refractivity contribution in [1.82, 2.24) is 0 Å². The van der Waals surface area contributed by atoms with Gasteiger partial charge in [0.1, 0.15) is 0 Å². The van der Waals surface area contributed by atoms with Crippen LogP contribution in [0.4, 0.5) is 0 Å². The van der Waals surface area contributed by atoms with E-state index in [1.54, 1.807) is 0 Å². The molecule has 0 fully saturated rings. The normalized spacial score (nSPS) is 10.7. The summed E-state index contributed by atoms with van der Waals surface area (Å²) in [7, 11) is -1.33. The third-order valence-corrected chi connectivity index (χ3v) is 4.21. The minimum Gasteiger partial charge on any atom is -0.0650 e. The fourth-order valence-electron chi connectivity index (χ4n) is 1.25. The van der Waals surface area contributed by atoms with Gasteiger partial charge in [0.25, 0.3) is 0 Å². The van der Waals surface area contributed by atoms with Crippen LogP contribution in [-0.2, 0) is 0 Å². The zero-order valence-corrected chi connectivity index (χ0v) is 10.1. The molecule has 0 aliphatic rings. The second-order valence-corrected chi connectivity index (χ2v) is 9.30. The van der Waals surface area contributed by atoms with Crippen molar-refractivity contribution >= 4 is 30.5 Å². The molecular formula is C11H14SSi. The van der Waals surface area contributed by atoms with Gasteiger partial charge < -0.3 is 0 Å². The topological polar surface area (TPSA) is 0 Å². The summed E-state index contributed by atoms with van der Waals surface area (Å²) >= 11 is 4.95. The first kappa shape index (κ1) is 10.4.